The average Bonchev–Trinajstić information content (AvgIpc) is 2.48. The van der Waals surface area contributed by atoms with Crippen molar-refractivity contribution < 1.29 is 4.92 Å². The minimum Gasteiger partial charge on any atom is -0.323 e. The van der Waals surface area contributed by atoms with Gasteiger partial charge in [0, 0.05) is 17.0 Å². The maximum Gasteiger partial charge on any atom is 0.324 e. The van der Waals surface area contributed by atoms with Gasteiger partial charge in [-0.25, -0.2) is 0 Å². The second-order valence-corrected chi connectivity index (χ2v) is 5.37. The van der Waals surface area contributed by atoms with Gasteiger partial charge in [0.25, 0.3) is 0 Å². The predicted molar refractivity (Wildman–Crippen MR) is 57.4 cm³/mol. The smallest absolute Gasteiger partial charge is 0.323 e. The van der Waals surface area contributed by atoms with Crippen molar-refractivity contribution in [2.24, 2.45) is 11.1 Å². The molecular formula is C9H14N2O2S. The molecule has 1 aromatic heterocycles. The van der Waals surface area contributed by atoms with Crippen LogP contribution in [0.1, 0.15) is 31.7 Å². The van der Waals surface area contributed by atoms with Gasteiger partial charge in [-0.1, -0.05) is 32.1 Å². The fourth-order valence-electron chi connectivity index (χ4n) is 1.03. The van der Waals surface area contributed by atoms with E-state index in [9.17, 15) is 10.1 Å². The SMILES string of the molecule is CC(C)(C)[C@@H](N)c1ccc([N+](=O)[O-])s1. The molecule has 0 spiro atoms. The molecule has 1 rings (SSSR count). The zero-order chi connectivity index (χ0) is 10.9. The van der Waals surface area contributed by atoms with Crippen molar-refractivity contribution >= 4 is 16.3 Å². The normalized spacial score (nSPS) is 14.0. The van der Waals surface area contributed by atoms with E-state index in [0.29, 0.717) is 0 Å². The molecule has 0 aromatic carbocycles. The third-order valence-electron chi connectivity index (χ3n) is 2.03. The summed E-state index contributed by atoms with van der Waals surface area (Å²) in [5.41, 5.74) is 5.90. The molecule has 0 saturated carbocycles. The van der Waals surface area contributed by atoms with Crippen molar-refractivity contribution in [2.75, 3.05) is 0 Å². The summed E-state index contributed by atoms with van der Waals surface area (Å²) in [5.74, 6) is 0. The standard InChI is InChI=1S/C9H14N2O2S/c1-9(2,3)8(10)6-4-5-7(14-6)11(12)13/h4-5,8H,10H2,1-3H3/t8-/m0/s1. The van der Waals surface area contributed by atoms with E-state index >= 15 is 0 Å². The van der Waals surface area contributed by atoms with Gasteiger partial charge in [0.2, 0.25) is 0 Å². The van der Waals surface area contributed by atoms with Gasteiger partial charge >= 0.3 is 5.00 Å². The summed E-state index contributed by atoms with van der Waals surface area (Å²) in [6.45, 7) is 6.05. The molecule has 1 aromatic rings. The van der Waals surface area contributed by atoms with E-state index in [2.05, 4.69) is 0 Å². The summed E-state index contributed by atoms with van der Waals surface area (Å²) < 4.78 is 0. The maximum atomic E-state index is 10.5. The molecule has 0 aliphatic carbocycles. The fraction of sp³-hybridized carbons (Fsp3) is 0.556. The minimum absolute atomic E-state index is 0.0707. The Kier molecular flexibility index (Phi) is 2.92. The molecule has 14 heavy (non-hydrogen) atoms. The number of nitrogens with zero attached hydrogens (tertiary/aromatic N) is 1. The highest BCUT2D eigenvalue weighted by Crippen LogP contribution is 2.36. The Labute approximate surface area is 86.9 Å². The van der Waals surface area contributed by atoms with Crippen molar-refractivity contribution in [3.63, 3.8) is 0 Å². The number of thiophene rings is 1. The first-order valence-corrected chi connectivity index (χ1v) is 5.13. The summed E-state index contributed by atoms with van der Waals surface area (Å²) in [5, 5.41) is 10.6. The zero-order valence-electron chi connectivity index (χ0n) is 8.48. The van der Waals surface area contributed by atoms with Crippen molar-refractivity contribution in [2.45, 2.75) is 26.8 Å². The van der Waals surface area contributed by atoms with E-state index in [1.54, 1.807) is 6.07 Å². The highest BCUT2D eigenvalue weighted by molar-refractivity contribution is 7.15. The first-order valence-electron chi connectivity index (χ1n) is 4.32. The molecular weight excluding hydrogens is 200 g/mol. The van der Waals surface area contributed by atoms with Crippen molar-refractivity contribution in [3.05, 3.63) is 27.1 Å². The van der Waals surface area contributed by atoms with Gasteiger partial charge < -0.3 is 5.73 Å². The summed E-state index contributed by atoms with van der Waals surface area (Å²) in [4.78, 5) is 10.9. The lowest BCUT2D eigenvalue weighted by Gasteiger charge is -2.25. The molecule has 0 saturated heterocycles. The minimum atomic E-state index is -0.385. The largest absolute Gasteiger partial charge is 0.324 e. The van der Waals surface area contributed by atoms with Crippen LogP contribution in [0.5, 0.6) is 0 Å². The van der Waals surface area contributed by atoms with E-state index in [1.807, 2.05) is 20.8 Å². The first-order chi connectivity index (χ1) is 6.32. The zero-order valence-corrected chi connectivity index (χ0v) is 9.30. The second kappa shape index (κ2) is 3.67. The van der Waals surface area contributed by atoms with E-state index < -0.39 is 0 Å². The van der Waals surface area contributed by atoms with Crippen LogP contribution in [-0.2, 0) is 0 Å². The quantitative estimate of drug-likeness (QED) is 0.607. The number of hydrogen-bond donors (Lipinski definition) is 1. The number of nitro groups is 1. The van der Waals surface area contributed by atoms with E-state index in [4.69, 9.17) is 5.73 Å². The molecule has 5 heteroatoms. The Bertz CT molecular complexity index is 341. The first kappa shape index (κ1) is 11.1. The molecule has 1 atom stereocenters. The average molecular weight is 214 g/mol. The lowest BCUT2D eigenvalue weighted by atomic mass is 9.87. The Morgan fingerprint density at radius 3 is 2.43 bits per heavy atom. The molecule has 0 fully saturated rings. The van der Waals surface area contributed by atoms with Crippen LogP contribution in [0.15, 0.2) is 12.1 Å². The summed E-state index contributed by atoms with van der Waals surface area (Å²) >= 11 is 1.15. The lowest BCUT2D eigenvalue weighted by molar-refractivity contribution is -0.380. The molecule has 0 aliphatic rings. The van der Waals surface area contributed by atoms with Crippen LogP contribution in [-0.4, -0.2) is 4.92 Å². The van der Waals surface area contributed by atoms with Crippen LogP contribution in [0.25, 0.3) is 0 Å². The van der Waals surface area contributed by atoms with Gasteiger partial charge in [0.15, 0.2) is 0 Å². The molecule has 78 valence electrons. The van der Waals surface area contributed by atoms with Crippen molar-refractivity contribution in [3.8, 4) is 0 Å². The van der Waals surface area contributed by atoms with Crippen LogP contribution in [0.3, 0.4) is 0 Å². The number of nitrogens with two attached hydrogens (primary N) is 1. The molecule has 0 radical (unpaired) electrons. The van der Waals surface area contributed by atoms with Gasteiger partial charge in [-0.05, 0) is 11.5 Å². The Balaban J connectivity index is 2.92. The van der Waals surface area contributed by atoms with Crippen molar-refractivity contribution in [1.29, 1.82) is 0 Å². The lowest BCUT2D eigenvalue weighted by Crippen LogP contribution is -2.25. The maximum absolute atomic E-state index is 10.5. The van der Waals surface area contributed by atoms with Gasteiger partial charge in [-0.2, -0.15) is 0 Å². The Hall–Kier alpha value is -0.940. The van der Waals surface area contributed by atoms with Crippen LogP contribution in [0.2, 0.25) is 0 Å². The third-order valence-corrected chi connectivity index (χ3v) is 3.15. The molecule has 2 N–H and O–H groups in total. The van der Waals surface area contributed by atoms with E-state index in [-0.39, 0.29) is 21.4 Å². The fourth-order valence-corrected chi connectivity index (χ4v) is 2.10. The highest BCUT2D eigenvalue weighted by Gasteiger charge is 2.25. The summed E-state index contributed by atoms with van der Waals surface area (Å²) in [6.07, 6.45) is 0. The molecule has 1 heterocycles. The Morgan fingerprint density at radius 1 is 1.50 bits per heavy atom. The van der Waals surface area contributed by atoms with Gasteiger partial charge in [-0.3, -0.25) is 10.1 Å². The highest BCUT2D eigenvalue weighted by atomic mass is 32.1. The summed E-state index contributed by atoms with van der Waals surface area (Å²) in [6, 6.07) is 3.09. The number of hydrogen-bond acceptors (Lipinski definition) is 4. The van der Waals surface area contributed by atoms with E-state index in [1.165, 1.54) is 6.07 Å². The predicted octanol–water partition coefficient (Wildman–Crippen LogP) is 2.70. The van der Waals surface area contributed by atoms with Crippen LogP contribution in [0, 0.1) is 15.5 Å². The van der Waals surface area contributed by atoms with Gasteiger partial charge in [0.05, 0.1) is 4.92 Å². The van der Waals surface area contributed by atoms with Crippen molar-refractivity contribution in [1.82, 2.24) is 0 Å². The molecule has 0 aliphatic heterocycles. The Morgan fingerprint density at radius 2 is 2.07 bits per heavy atom. The van der Waals surface area contributed by atoms with Crippen LogP contribution in [0.4, 0.5) is 5.00 Å². The topological polar surface area (TPSA) is 69.2 Å². The third kappa shape index (κ3) is 2.30. The molecule has 0 amide bonds. The van der Waals surface area contributed by atoms with E-state index in [0.717, 1.165) is 16.2 Å². The van der Waals surface area contributed by atoms with Crippen LogP contribution < -0.4 is 5.73 Å². The van der Waals surface area contributed by atoms with Crippen LogP contribution >= 0.6 is 11.3 Å². The van der Waals surface area contributed by atoms with Gasteiger partial charge in [-0.15, -0.1) is 0 Å². The molecule has 0 unspecified atom stereocenters. The molecule has 0 bridgehead atoms. The monoisotopic (exact) mass is 214 g/mol. The molecule has 4 nitrogen and oxygen atoms in total. The summed E-state index contributed by atoms with van der Waals surface area (Å²) in [7, 11) is 0. The second-order valence-electron chi connectivity index (χ2n) is 4.28. The number of rotatable bonds is 2. The van der Waals surface area contributed by atoms with Gasteiger partial charge in [0.1, 0.15) is 0 Å².